The minimum atomic E-state index is -1.23. The monoisotopic (exact) mass is 296 g/mol. The number of aliphatic carboxylic acids is 1. The molecule has 1 unspecified atom stereocenters. The maximum absolute atomic E-state index is 11.6. The predicted molar refractivity (Wildman–Crippen MR) is 72.5 cm³/mol. The highest BCUT2D eigenvalue weighted by molar-refractivity contribution is 5.84. The van der Waals surface area contributed by atoms with Gasteiger partial charge in [0.2, 0.25) is 5.82 Å². The van der Waals surface area contributed by atoms with Crippen LogP contribution in [0.2, 0.25) is 0 Å². The summed E-state index contributed by atoms with van der Waals surface area (Å²) >= 11 is 0. The van der Waals surface area contributed by atoms with E-state index in [2.05, 4.69) is 9.97 Å². The predicted octanol–water partition coefficient (Wildman–Crippen LogP) is 1.23. The Bertz CT molecular complexity index is 579. The largest absolute Gasteiger partial charge is 0.480 e. The van der Waals surface area contributed by atoms with E-state index < -0.39 is 22.1 Å². The SMILES string of the molecule is COc1ncnc(N2CCCCC2(C)C(=O)O)c1[N+](=O)[O-]. The minimum absolute atomic E-state index is 0.0172. The molecule has 1 aromatic rings. The molecule has 1 aliphatic heterocycles. The Balaban J connectivity index is 2.59. The van der Waals surface area contributed by atoms with Gasteiger partial charge in [-0.1, -0.05) is 0 Å². The van der Waals surface area contributed by atoms with Crippen molar-refractivity contribution in [1.82, 2.24) is 9.97 Å². The summed E-state index contributed by atoms with van der Waals surface area (Å²) in [6.45, 7) is 1.93. The fourth-order valence-electron chi connectivity index (χ4n) is 2.54. The molecule has 1 aromatic heterocycles. The Hall–Kier alpha value is -2.45. The third-order valence-electron chi connectivity index (χ3n) is 3.75. The van der Waals surface area contributed by atoms with E-state index in [1.807, 2.05) is 0 Å². The molecular weight excluding hydrogens is 280 g/mol. The normalized spacial score (nSPS) is 21.9. The highest BCUT2D eigenvalue weighted by Crippen LogP contribution is 2.39. The zero-order chi connectivity index (χ0) is 15.6. The van der Waals surface area contributed by atoms with Crippen LogP contribution in [0.15, 0.2) is 6.33 Å². The number of hydrogen-bond donors (Lipinski definition) is 1. The average Bonchev–Trinajstić information content (AvgIpc) is 2.46. The van der Waals surface area contributed by atoms with E-state index in [4.69, 9.17) is 4.74 Å². The molecule has 0 saturated carbocycles. The van der Waals surface area contributed by atoms with Crippen molar-refractivity contribution in [1.29, 1.82) is 0 Å². The standard InChI is InChI=1S/C12H16N4O5/c1-12(11(17)18)5-3-4-6-15(12)9-8(16(19)20)10(21-2)14-7-13-9/h7H,3-6H2,1-2H3,(H,17,18). The lowest BCUT2D eigenvalue weighted by molar-refractivity contribution is -0.385. The molecule has 1 N–H and O–H groups in total. The summed E-state index contributed by atoms with van der Waals surface area (Å²) in [7, 11) is 1.27. The molecule has 9 nitrogen and oxygen atoms in total. The lowest BCUT2D eigenvalue weighted by atomic mass is 9.88. The van der Waals surface area contributed by atoms with E-state index in [0.29, 0.717) is 13.0 Å². The van der Waals surface area contributed by atoms with Gasteiger partial charge in [-0.15, -0.1) is 0 Å². The van der Waals surface area contributed by atoms with Crippen molar-refractivity contribution >= 4 is 17.5 Å². The number of nitrogens with zero attached hydrogens (tertiary/aromatic N) is 4. The molecule has 1 atom stereocenters. The fraction of sp³-hybridized carbons (Fsp3) is 0.583. The third kappa shape index (κ3) is 2.46. The number of aromatic nitrogens is 2. The second kappa shape index (κ2) is 5.51. The van der Waals surface area contributed by atoms with E-state index in [9.17, 15) is 20.0 Å². The maximum Gasteiger partial charge on any atom is 0.372 e. The van der Waals surface area contributed by atoms with Crippen molar-refractivity contribution in [3.05, 3.63) is 16.4 Å². The number of carboxylic acids is 1. The first-order chi connectivity index (χ1) is 9.91. The number of methoxy groups -OCH3 is 1. The van der Waals surface area contributed by atoms with E-state index in [0.717, 1.165) is 19.2 Å². The van der Waals surface area contributed by atoms with Crippen molar-refractivity contribution in [2.24, 2.45) is 0 Å². The van der Waals surface area contributed by atoms with E-state index in [1.165, 1.54) is 12.0 Å². The topological polar surface area (TPSA) is 119 Å². The van der Waals surface area contributed by atoms with Gasteiger partial charge < -0.3 is 14.7 Å². The number of ether oxygens (including phenoxy) is 1. The molecule has 21 heavy (non-hydrogen) atoms. The van der Waals surface area contributed by atoms with Gasteiger partial charge in [-0.3, -0.25) is 10.1 Å². The average molecular weight is 296 g/mol. The van der Waals surface area contributed by atoms with Crippen molar-refractivity contribution in [3.8, 4) is 5.88 Å². The van der Waals surface area contributed by atoms with Gasteiger partial charge in [0.1, 0.15) is 11.9 Å². The quantitative estimate of drug-likeness (QED) is 0.650. The minimum Gasteiger partial charge on any atom is -0.480 e. The van der Waals surface area contributed by atoms with E-state index >= 15 is 0 Å². The van der Waals surface area contributed by atoms with Crippen LogP contribution in [0.3, 0.4) is 0 Å². The molecule has 0 radical (unpaired) electrons. The zero-order valence-corrected chi connectivity index (χ0v) is 11.8. The summed E-state index contributed by atoms with van der Waals surface area (Å²) in [5.41, 5.74) is -1.64. The molecule has 1 fully saturated rings. The van der Waals surface area contributed by atoms with Crippen LogP contribution in [0.4, 0.5) is 11.5 Å². The molecule has 2 heterocycles. The summed E-state index contributed by atoms with van der Waals surface area (Å²) in [4.78, 5) is 31.4. The van der Waals surface area contributed by atoms with Crippen LogP contribution in [-0.4, -0.2) is 45.2 Å². The molecule has 0 aromatic carbocycles. The van der Waals surface area contributed by atoms with Crippen LogP contribution in [0, 0.1) is 10.1 Å². The molecule has 0 aliphatic carbocycles. The molecule has 2 rings (SSSR count). The van der Waals surface area contributed by atoms with Crippen LogP contribution in [0.25, 0.3) is 0 Å². The van der Waals surface area contributed by atoms with Gasteiger partial charge >= 0.3 is 11.7 Å². The summed E-state index contributed by atoms with van der Waals surface area (Å²) in [6.07, 6.45) is 3.02. The van der Waals surface area contributed by atoms with Crippen LogP contribution in [-0.2, 0) is 4.79 Å². The van der Waals surface area contributed by atoms with Gasteiger partial charge in [0.05, 0.1) is 12.0 Å². The van der Waals surface area contributed by atoms with Crippen LogP contribution in [0.5, 0.6) is 5.88 Å². The van der Waals surface area contributed by atoms with Crippen molar-refractivity contribution in [2.75, 3.05) is 18.6 Å². The number of carbonyl (C=O) groups is 1. The van der Waals surface area contributed by atoms with Gasteiger partial charge in [-0.05, 0) is 26.2 Å². The maximum atomic E-state index is 11.6. The first kappa shape index (κ1) is 14.9. The Morgan fingerprint density at radius 1 is 1.52 bits per heavy atom. The van der Waals surface area contributed by atoms with E-state index in [1.54, 1.807) is 6.92 Å². The van der Waals surface area contributed by atoms with Crippen molar-refractivity contribution in [3.63, 3.8) is 0 Å². The number of anilines is 1. The van der Waals surface area contributed by atoms with Crippen LogP contribution < -0.4 is 9.64 Å². The van der Waals surface area contributed by atoms with Gasteiger partial charge in [0.15, 0.2) is 0 Å². The van der Waals surface area contributed by atoms with Crippen LogP contribution >= 0.6 is 0 Å². The number of nitro groups is 1. The van der Waals surface area contributed by atoms with E-state index in [-0.39, 0.29) is 11.7 Å². The lowest BCUT2D eigenvalue weighted by Crippen LogP contribution is -2.56. The first-order valence-electron chi connectivity index (χ1n) is 6.46. The number of carboxylic acid groups (broad SMARTS) is 1. The number of hydrogen-bond acceptors (Lipinski definition) is 7. The Kier molecular flexibility index (Phi) is 3.92. The van der Waals surface area contributed by atoms with Crippen LogP contribution in [0.1, 0.15) is 26.2 Å². The summed E-state index contributed by atoms with van der Waals surface area (Å²) < 4.78 is 4.90. The van der Waals surface area contributed by atoms with Gasteiger partial charge in [-0.25, -0.2) is 9.78 Å². The highest BCUT2D eigenvalue weighted by atomic mass is 16.6. The number of rotatable bonds is 4. The molecule has 1 saturated heterocycles. The summed E-state index contributed by atoms with van der Waals surface area (Å²) in [5.74, 6) is -1.23. The van der Waals surface area contributed by atoms with Gasteiger partial charge in [0, 0.05) is 6.54 Å². The zero-order valence-electron chi connectivity index (χ0n) is 11.8. The molecule has 0 amide bonds. The van der Waals surface area contributed by atoms with Crippen molar-refractivity contribution in [2.45, 2.75) is 31.7 Å². The molecule has 9 heteroatoms. The summed E-state index contributed by atoms with van der Waals surface area (Å²) in [6, 6.07) is 0. The van der Waals surface area contributed by atoms with Gasteiger partial charge in [0.25, 0.3) is 5.88 Å². The molecule has 0 spiro atoms. The van der Waals surface area contributed by atoms with Gasteiger partial charge in [-0.2, -0.15) is 4.98 Å². The first-order valence-corrected chi connectivity index (χ1v) is 6.46. The lowest BCUT2D eigenvalue weighted by Gasteiger charge is -2.41. The van der Waals surface area contributed by atoms with Crippen molar-refractivity contribution < 1.29 is 19.6 Å². The molecule has 0 bridgehead atoms. The molecular formula is C12H16N4O5. The second-order valence-corrected chi connectivity index (χ2v) is 5.00. The molecule has 114 valence electrons. The third-order valence-corrected chi connectivity index (χ3v) is 3.75. The smallest absolute Gasteiger partial charge is 0.372 e. The summed E-state index contributed by atoms with van der Waals surface area (Å²) in [5, 5.41) is 20.8. The Morgan fingerprint density at radius 2 is 2.24 bits per heavy atom. The molecule has 1 aliphatic rings. The fourth-order valence-corrected chi connectivity index (χ4v) is 2.54. The Labute approximate surface area is 120 Å². The Morgan fingerprint density at radius 3 is 2.81 bits per heavy atom. The highest BCUT2D eigenvalue weighted by Gasteiger charge is 2.45. The second-order valence-electron chi connectivity index (χ2n) is 5.00. The number of piperidine rings is 1.